The monoisotopic (exact) mass is 152 g/mol. The van der Waals surface area contributed by atoms with Crippen molar-refractivity contribution in [3.63, 3.8) is 0 Å². The molecule has 0 bridgehead atoms. The molecule has 0 aromatic rings. The fourth-order valence-corrected chi connectivity index (χ4v) is 0.643. The molecule has 0 amide bonds. The first-order chi connectivity index (χ1) is 4.06. The Labute approximate surface area is 53.6 Å². The van der Waals surface area contributed by atoms with Gasteiger partial charge in [-0.25, -0.2) is 0 Å². The zero-order chi connectivity index (χ0) is 7.33. The topological polar surface area (TPSA) is 74.6 Å². The van der Waals surface area contributed by atoms with Crippen LogP contribution in [0, 0.1) is 0 Å². The summed E-state index contributed by atoms with van der Waals surface area (Å²) in [5.41, 5.74) is 0. The van der Waals surface area contributed by atoms with Gasteiger partial charge in [0.25, 0.3) is 10.1 Å². The maximum atomic E-state index is 9.93. The van der Waals surface area contributed by atoms with E-state index in [2.05, 4.69) is 0 Å². The van der Waals surface area contributed by atoms with E-state index >= 15 is 0 Å². The lowest BCUT2D eigenvalue weighted by molar-refractivity contribution is 0.342. The molecule has 0 aliphatic rings. The van der Waals surface area contributed by atoms with Crippen molar-refractivity contribution in [2.45, 2.75) is 0 Å². The summed E-state index contributed by atoms with van der Waals surface area (Å²) in [5.74, 6) is -0.437. The second kappa shape index (κ2) is 3.60. The van der Waals surface area contributed by atoms with Gasteiger partial charge < -0.3 is 5.11 Å². The molecule has 0 saturated carbocycles. The highest BCUT2D eigenvalue weighted by atomic mass is 32.2. The van der Waals surface area contributed by atoms with E-state index < -0.39 is 15.9 Å². The lowest BCUT2D eigenvalue weighted by Crippen LogP contribution is -2.00. The predicted molar refractivity (Wildman–Crippen MR) is 32.6 cm³/mol. The first kappa shape index (κ1) is 8.61. The van der Waals surface area contributed by atoms with Crippen LogP contribution in [0.3, 0.4) is 0 Å². The summed E-state index contributed by atoms with van der Waals surface area (Å²) < 4.78 is 27.9. The minimum atomic E-state index is -3.89. The highest BCUT2D eigenvalue weighted by Crippen LogP contribution is 1.81. The molecular formula is C4H8O4S. The molecule has 0 aliphatic carbocycles. The number of aliphatic hydroxyl groups excluding tert-OH is 1. The minimum Gasteiger partial charge on any atom is -0.392 e. The first-order valence-electron chi connectivity index (χ1n) is 2.27. The van der Waals surface area contributed by atoms with Crippen molar-refractivity contribution in [1.82, 2.24) is 0 Å². The molecule has 0 aromatic carbocycles. The standard InChI is InChI=1S/C4H8O4S/c5-3-1-2-4-9(6,7)8/h1-2,5H,3-4H2,(H,6,7,8)/b2-1+. The molecule has 4 nitrogen and oxygen atoms in total. The SMILES string of the molecule is O=S(=O)(O)C/C=C/CO. The Morgan fingerprint density at radius 2 is 1.89 bits per heavy atom. The molecule has 0 spiro atoms. The molecule has 5 heteroatoms. The number of aliphatic hydroxyl groups is 1. The van der Waals surface area contributed by atoms with Gasteiger partial charge in [0.15, 0.2) is 0 Å². The van der Waals surface area contributed by atoms with E-state index in [0.29, 0.717) is 0 Å². The van der Waals surface area contributed by atoms with Crippen LogP contribution in [0.5, 0.6) is 0 Å². The number of rotatable bonds is 3. The zero-order valence-electron chi connectivity index (χ0n) is 4.69. The molecule has 0 aliphatic heterocycles. The lowest BCUT2D eigenvalue weighted by atomic mass is 10.6. The zero-order valence-corrected chi connectivity index (χ0v) is 5.50. The average Bonchev–Trinajstić information content (AvgIpc) is 1.63. The summed E-state index contributed by atoms with van der Waals surface area (Å²) in [6.07, 6.45) is 2.42. The predicted octanol–water partition coefficient (Wildman–Crippen LogP) is -0.577. The summed E-state index contributed by atoms with van der Waals surface area (Å²) in [7, 11) is -3.89. The largest absolute Gasteiger partial charge is 0.392 e. The van der Waals surface area contributed by atoms with Crippen LogP contribution in [-0.2, 0) is 10.1 Å². The molecule has 0 atom stereocenters. The second-order valence-electron chi connectivity index (χ2n) is 1.40. The first-order valence-corrected chi connectivity index (χ1v) is 3.88. The van der Waals surface area contributed by atoms with E-state index in [-0.39, 0.29) is 6.61 Å². The third-order valence-electron chi connectivity index (χ3n) is 0.579. The molecular weight excluding hydrogens is 144 g/mol. The van der Waals surface area contributed by atoms with Gasteiger partial charge in [0.05, 0.1) is 12.4 Å². The Morgan fingerprint density at radius 1 is 1.33 bits per heavy atom. The van der Waals surface area contributed by atoms with Crippen molar-refractivity contribution in [3.8, 4) is 0 Å². The normalized spacial score (nSPS) is 12.7. The highest BCUT2D eigenvalue weighted by molar-refractivity contribution is 7.85. The molecule has 0 saturated heterocycles. The Balaban J connectivity index is 3.65. The molecule has 2 N–H and O–H groups in total. The number of hydrogen-bond donors (Lipinski definition) is 2. The molecule has 0 rings (SSSR count). The molecule has 54 valence electrons. The molecule has 0 aromatic heterocycles. The van der Waals surface area contributed by atoms with Gasteiger partial charge in [-0.3, -0.25) is 4.55 Å². The summed E-state index contributed by atoms with van der Waals surface area (Å²) in [5, 5.41) is 8.10. The van der Waals surface area contributed by atoms with Crippen molar-refractivity contribution in [3.05, 3.63) is 12.2 Å². The van der Waals surface area contributed by atoms with Gasteiger partial charge in [0.2, 0.25) is 0 Å². The van der Waals surface area contributed by atoms with Gasteiger partial charge in [-0.05, 0) is 0 Å². The number of hydrogen-bond acceptors (Lipinski definition) is 3. The van der Waals surface area contributed by atoms with Crippen molar-refractivity contribution in [2.75, 3.05) is 12.4 Å². The summed E-state index contributed by atoms with van der Waals surface area (Å²) in [6.45, 7) is -0.213. The van der Waals surface area contributed by atoms with E-state index in [0.717, 1.165) is 0 Å². The van der Waals surface area contributed by atoms with E-state index in [1.54, 1.807) is 0 Å². The van der Waals surface area contributed by atoms with E-state index in [4.69, 9.17) is 9.66 Å². The Bertz CT molecular complexity index is 179. The highest BCUT2D eigenvalue weighted by Gasteiger charge is 1.97. The van der Waals surface area contributed by atoms with Gasteiger partial charge in [-0.1, -0.05) is 12.2 Å². The van der Waals surface area contributed by atoms with Gasteiger partial charge in [0.1, 0.15) is 0 Å². The molecule has 0 fully saturated rings. The van der Waals surface area contributed by atoms with Crippen molar-refractivity contribution >= 4 is 10.1 Å². The fraction of sp³-hybridized carbons (Fsp3) is 0.500. The van der Waals surface area contributed by atoms with Crippen LogP contribution in [-0.4, -0.2) is 30.4 Å². The molecule has 9 heavy (non-hydrogen) atoms. The van der Waals surface area contributed by atoms with Crippen LogP contribution >= 0.6 is 0 Å². The molecule has 0 radical (unpaired) electrons. The van der Waals surface area contributed by atoms with E-state index in [9.17, 15) is 8.42 Å². The van der Waals surface area contributed by atoms with Crippen molar-refractivity contribution in [1.29, 1.82) is 0 Å². The van der Waals surface area contributed by atoms with Crippen LogP contribution in [0.1, 0.15) is 0 Å². The van der Waals surface area contributed by atoms with Crippen LogP contribution in [0.2, 0.25) is 0 Å². The van der Waals surface area contributed by atoms with E-state index in [1.165, 1.54) is 12.2 Å². The Morgan fingerprint density at radius 3 is 2.22 bits per heavy atom. The maximum Gasteiger partial charge on any atom is 0.268 e. The summed E-state index contributed by atoms with van der Waals surface area (Å²) >= 11 is 0. The molecule has 0 unspecified atom stereocenters. The van der Waals surface area contributed by atoms with Crippen molar-refractivity contribution in [2.24, 2.45) is 0 Å². The van der Waals surface area contributed by atoms with Gasteiger partial charge in [0, 0.05) is 0 Å². The Kier molecular flexibility index (Phi) is 3.44. The molecule has 0 heterocycles. The average molecular weight is 152 g/mol. The summed E-state index contributed by atoms with van der Waals surface area (Å²) in [4.78, 5) is 0. The van der Waals surface area contributed by atoms with Crippen LogP contribution in [0.25, 0.3) is 0 Å². The minimum absolute atomic E-state index is 0.213. The quantitative estimate of drug-likeness (QED) is 0.419. The lowest BCUT2D eigenvalue weighted by Gasteiger charge is -1.85. The van der Waals surface area contributed by atoms with Crippen LogP contribution < -0.4 is 0 Å². The van der Waals surface area contributed by atoms with E-state index in [1.807, 2.05) is 0 Å². The maximum absolute atomic E-state index is 9.93. The third-order valence-corrected chi connectivity index (χ3v) is 1.19. The third kappa shape index (κ3) is 7.61. The Hall–Kier alpha value is -0.390. The van der Waals surface area contributed by atoms with Gasteiger partial charge in [-0.2, -0.15) is 8.42 Å². The van der Waals surface area contributed by atoms with Gasteiger partial charge >= 0.3 is 0 Å². The van der Waals surface area contributed by atoms with Crippen molar-refractivity contribution < 1.29 is 18.1 Å². The fourth-order valence-electron chi connectivity index (χ4n) is 0.264. The van der Waals surface area contributed by atoms with Crippen LogP contribution in [0.4, 0.5) is 0 Å². The van der Waals surface area contributed by atoms with Gasteiger partial charge in [-0.15, -0.1) is 0 Å². The summed E-state index contributed by atoms with van der Waals surface area (Å²) in [6, 6.07) is 0. The second-order valence-corrected chi connectivity index (χ2v) is 2.90. The smallest absolute Gasteiger partial charge is 0.268 e. The van der Waals surface area contributed by atoms with Crippen LogP contribution in [0.15, 0.2) is 12.2 Å².